The molecule has 2 heterocycles. The number of nitrogens with zero attached hydrogens (tertiary/aromatic N) is 4. The number of anilines is 2. The summed E-state index contributed by atoms with van der Waals surface area (Å²) >= 11 is 0. The standard InChI is InChI=1S/C28H26N4O6/c1-2-38-28(34)19-7-10-22(11-8-19)31-18-21-5-3-4-6-23(21)26(31)29-27(33)20-9-12-24(25(17-20)32(35)36)30-13-15-37-16-14-30/h3-12,17H,2,13-16,18H2,1H3. The number of benzene rings is 3. The topological polar surface area (TPSA) is 115 Å². The number of amides is 1. The number of hydrogen-bond donors (Lipinski definition) is 0. The molecule has 1 fully saturated rings. The first-order valence-corrected chi connectivity index (χ1v) is 12.3. The van der Waals surface area contributed by atoms with E-state index in [1.807, 2.05) is 34.1 Å². The lowest BCUT2D eigenvalue weighted by atomic mass is 10.1. The minimum Gasteiger partial charge on any atom is -0.462 e. The number of carbonyl (C=O) groups excluding carboxylic acids is 2. The lowest BCUT2D eigenvalue weighted by Crippen LogP contribution is -2.36. The van der Waals surface area contributed by atoms with Crippen molar-refractivity contribution in [2.75, 3.05) is 42.7 Å². The summed E-state index contributed by atoms with van der Waals surface area (Å²) < 4.78 is 10.4. The van der Waals surface area contributed by atoms with Crippen molar-refractivity contribution in [2.45, 2.75) is 13.5 Å². The Balaban J connectivity index is 1.48. The molecule has 2 aliphatic rings. The molecule has 0 saturated carbocycles. The largest absolute Gasteiger partial charge is 0.462 e. The van der Waals surface area contributed by atoms with Crippen LogP contribution in [0.4, 0.5) is 17.1 Å². The zero-order valence-electron chi connectivity index (χ0n) is 20.8. The molecule has 194 valence electrons. The summed E-state index contributed by atoms with van der Waals surface area (Å²) in [5.74, 6) is -0.550. The summed E-state index contributed by atoms with van der Waals surface area (Å²) in [6, 6.07) is 19.0. The van der Waals surface area contributed by atoms with Gasteiger partial charge in [-0.1, -0.05) is 24.3 Å². The van der Waals surface area contributed by atoms with E-state index in [1.165, 1.54) is 6.07 Å². The Labute approximate surface area is 219 Å². The molecular formula is C28H26N4O6. The molecular weight excluding hydrogens is 488 g/mol. The SMILES string of the molecule is CCOC(=O)c1ccc(N2Cc3ccccc3C2=NC(=O)c2ccc(N3CCOCC3)c([N+](=O)[O-])c2)cc1. The van der Waals surface area contributed by atoms with Crippen LogP contribution in [0, 0.1) is 10.1 Å². The number of hydrogen-bond acceptors (Lipinski definition) is 7. The second-order valence-corrected chi connectivity index (χ2v) is 8.81. The highest BCUT2D eigenvalue weighted by Gasteiger charge is 2.29. The summed E-state index contributed by atoms with van der Waals surface area (Å²) in [6.07, 6.45) is 0. The van der Waals surface area contributed by atoms with Gasteiger partial charge in [0, 0.05) is 36.0 Å². The molecule has 3 aromatic carbocycles. The van der Waals surface area contributed by atoms with E-state index in [-0.39, 0.29) is 17.9 Å². The fourth-order valence-electron chi connectivity index (χ4n) is 4.63. The Morgan fingerprint density at radius 2 is 1.74 bits per heavy atom. The van der Waals surface area contributed by atoms with Gasteiger partial charge in [-0.05, 0) is 48.9 Å². The van der Waals surface area contributed by atoms with Crippen LogP contribution in [-0.4, -0.2) is 55.5 Å². The van der Waals surface area contributed by atoms with Crippen LogP contribution in [-0.2, 0) is 16.0 Å². The van der Waals surface area contributed by atoms with Gasteiger partial charge in [-0.2, -0.15) is 4.99 Å². The fourth-order valence-corrected chi connectivity index (χ4v) is 4.63. The van der Waals surface area contributed by atoms with Crippen molar-refractivity contribution in [3.05, 3.63) is 99.1 Å². The van der Waals surface area contributed by atoms with Crippen LogP contribution < -0.4 is 9.80 Å². The van der Waals surface area contributed by atoms with E-state index in [4.69, 9.17) is 9.47 Å². The normalized spacial score (nSPS) is 15.9. The van der Waals surface area contributed by atoms with Crippen molar-refractivity contribution >= 4 is 34.8 Å². The molecule has 38 heavy (non-hydrogen) atoms. The number of fused-ring (bicyclic) bond motifs is 1. The molecule has 0 bridgehead atoms. The van der Waals surface area contributed by atoms with Crippen molar-refractivity contribution in [3.8, 4) is 0 Å². The zero-order chi connectivity index (χ0) is 26.6. The highest BCUT2D eigenvalue weighted by molar-refractivity contribution is 6.19. The summed E-state index contributed by atoms with van der Waals surface area (Å²) in [4.78, 5) is 45.0. The van der Waals surface area contributed by atoms with Crippen LogP contribution in [0.2, 0.25) is 0 Å². The molecule has 0 spiro atoms. The summed E-state index contributed by atoms with van der Waals surface area (Å²) in [5, 5.41) is 11.9. The van der Waals surface area contributed by atoms with E-state index < -0.39 is 16.8 Å². The molecule has 0 atom stereocenters. The van der Waals surface area contributed by atoms with Crippen LogP contribution >= 0.6 is 0 Å². The molecule has 0 aromatic heterocycles. The predicted octanol–water partition coefficient (Wildman–Crippen LogP) is 4.22. The minimum absolute atomic E-state index is 0.128. The third-order valence-electron chi connectivity index (χ3n) is 6.51. The molecule has 5 rings (SSSR count). The minimum atomic E-state index is -0.582. The Kier molecular flexibility index (Phi) is 7.14. The van der Waals surface area contributed by atoms with Gasteiger partial charge in [0.1, 0.15) is 11.5 Å². The fraction of sp³-hybridized carbons (Fsp3) is 0.250. The number of morpholine rings is 1. The van der Waals surface area contributed by atoms with Crippen LogP contribution in [0.15, 0.2) is 71.7 Å². The lowest BCUT2D eigenvalue weighted by Gasteiger charge is -2.28. The quantitative estimate of drug-likeness (QED) is 0.273. The van der Waals surface area contributed by atoms with Crippen LogP contribution in [0.25, 0.3) is 0 Å². The number of nitro groups is 1. The van der Waals surface area contributed by atoms with Crippen molar-refractivity contribution in [1.29, 1.82) is 0 Å². The van der Waals surface area contributed by atoms with Gasteiger partial charge in [-0.25, -0.2) is 4.79 Å². The van der Waals surface area contributed by atoms with Crippen LogP contribution in [0.1, 0.15) is 38.8 Å². The maximum atomic E-state index is 13.3. The number of amidine groups is 1. The van der Waals surface area contributed by atoms with Crippen molar-refractivity contribution in [3.63, 3.8) is 0 Å². The summed E-state index contributed by atoms with van der Waals surface area (Å²) in [7, 11) is 0. The number of aliphatic imine (C=N–C) groups is 1. The van der Waals surface area contributed by atoms with Crippen molar-refractivity contribution < 1.29 is 24.0 Å². The van der Waals surface area contributed by atoms with Gasteiger partial charge in [-0.3, -0.25) is 14.9 Å². The van der Waals surface area contributed by atoms with Gasteiger partial charge in [0.2, 0.25) is 0 Å². The van der Waals surface area contributed by atoms with Gasteiger partial charge in [0.15, 0.2) is 0 Å². The van der Waals surface area contributed by atoms with E-state index in [0.717, 1.165) is 16.8 Å². The Morgan fingerprint density at radius 1 is 1.03 bits per heavy atom. The van der Waals surface area contributed by atoms with Crippen molar-refractivity contribution in [1.82, 2.24) is 0 Å². The van der Waals surface area contributed by atoms with E-state index in [0.29, 0.717) is 49.9 Å². The maximum absolute atomic E-state index is 13.3. The summed E-state index contributed by atoms with van der Waals surface area (Å²) in [6.45, 7) is 4.57. The molecule has 0 unspecified atom stereocenters. The third-order valence-corrected chi connectivity index (χ3v) is 6.51. The highest BCUT2D eigenvalue weighted by Crippen LogP contribution is 2.32. The van der Waals surface area contributed by atoms with E-state index >= 15 is 0 Å². The third kappa shape index (κ3) is 4.98. The first kappa shape index (κ1) is 25.1. The predicted molar refractivity (Wildman–Crippen MR) is 142 cm³/mol. The van der Waals surface area contributed by atoms with E-state index in [2.05, 4.69) is 4.99 Å². The molecule has 10 heteroatoms. The molecule has 1 amide bonds. The average molecular weight is 515 g/mol. The number of esters is 1. The molecule has 0 aliphatic carbocycles. The maximum Gasteiger partial charge on any atom is 0.338 e. The van der Waals surface area contributed by atoms with Gasteiger partial charge in [0.05, 0.1) is 36.9 Å². The van der Waals surface area contributed by atoms with Crippen LogP contribution in [0.5, 0.6) is 0 Å². The first-order valence-electron chi connectivity index (χ1n) is 12.3. The molecule has 10 nitrogen and oxygen atoms in total. The van der Waals surface area contributed by atoms with Gasteiger partial charge < -0.3 is 19.3 Å². The zero-order valence-corrected chi connectivity index (χ0v) is 20.8. The molecule has 1 saturated heterocycles. The average Bonchev–Trinajstić information content (AvgIpc) is 3.31. The Hall–Kier alpha value is -4.57. The Bertz CT molecular complexity index is 1410. The van der Waals surface area contributed by atoms with E-state index in [9.17, 15) is 19.7 Å². The van der Waals surface area contributed by atoms with Gasteiger partial charge >= 0.3 is 5.97 Å². The second kappa shape index (κ2) is 10.8. The first-order chi connectivity index (χ1) is 18.5. The van der Waals surface area contributed by atoms with Gasteiger partial charge in [0.25, 0.3) is 11.6 Å². The van der Waals surface area contributed by atoms with Gasteiger partial charge in [-0.15, -0.1) is 0 Å². The Morgan fingerprint density at radius 3 is 2.45 bits per heavy atom. The van der Waals surface area contributed by atoms with Crippen molar-refractivity contribution in [2.24, 2.45) is 4.99 Å². The molecule has 0 radical (unpaired) electrons. The molecule has 2 aliphatic heterocycles. The lowest BCUT2D eigenvalue weighted by molar-refractivity contribution is -0.384. The number of nitro benzene ring substituents is 1. The molecule has 3 aromatic rings. The number of rotatable bonds is 6. The highest BCUT2D eigenvalue weighted by atomic mass is 16.6. The molecule has 0 N–H and O–H groups in total. The number of ether oxygens (including phenoxy) is 2. The monoisotopic (exact) mass is 514 g/mol. The number of carbonyl (C=O) groups is 2. The smallest absolute Gasteiger partial charge is 0.338 e. The van der Waals surface area contributed by atoms with E-state index in [1.54, 1.807) is 43.3 Å². The summed E-state index contributed by atoms with van der Waals surface area (Å²) in [5.41, 5.74) is 3.40. The second-order valence-electron chi connectivity index (χ2n) is 8.81. The van der Waals surface area contributed by atoms with Crippen LogP contribution in [0.3, 0.4) is 0 Å².